The maximum absolute atomic E-state index is 13.2. The summed E-state index contributed by atoms with van der Waals surface area (Å²) >= 11 is 0. The predicted molar refractivity (Wildman–Crippen MR) is 126 cm³/mol. The highest BCUT2D eigenvalue weighted by Gasteiger charge is 2.21. The van der Waals surface area contributed by atoms with E-state index in [1.807, 2.05) is 46.9 Å². The van der Waals surface area contributed by atoms with Crippen molar-refractivity contribution < 1.29 is 14.3 Å². The highest BCUT2D eigenvalue weighted by Crippen LogP contribution is 2.26. The molecule has 0 bridgehead atoms. The summed E-state index contributed by atoms with van der Waals surface area (Å²) in [4.78, 5) is 22.1. The van der Waals surface area contributed by atoms with Gasteiger partial charge in [-0.15, -0.1) is 0 Å². The van der Waals surface area contributed by atoms with Crippen molar-refractivity contribution in [3.05, 3.63) is 90.6 Å². The molecule has 0 aliphatic heterocycles. The van der Waals surface area contributed by atoms with Gasteiger partial charge in [-0.2, -0.15) is 5.10 Å². The number of rotatable bonds is 7. The fourth-order valence-corrected chi connectivity index (χ4v) is 3.81. The van der Waals surface area contributed by atoms with E-state index in [1.165, 1.54) is 0 Å². The van der Waals surface area contributed by atoms with Gasteiger partial charge in [0.1, 0.15) is 17.2 Å². The fraction of sp³-hybridized carbons (Fsp3) is 0.120. The highest BCUT2D eigenvalue weighted by molar-refractivity contribution is 5.99. The number of hydrogen-bond acceptors (Lipinski definition) is 6. The Morgan fingerprint density at radius 2 is 1.88 bits per heavy atom. The summed E-state index contributed by atoms with van der Waals surface area (Å²) in [5, 5.41) is 7.39. The first-order valence-corrected chi connectivity index (χ1v) is 10.6. The molecule has 1 N–H and O–H groups in total. The minimum atomic E-state index is -0.326. The molecular formula is C25H22N6O3. The van der Waals surface area contributed by atoms with Crippen LogP contribution >= 0.6 is 0 Å². The number of hydrogen-bond donors (Lipinski definition) is 1. The Hall–Kier alpha value is -4.66. The summed E-state index contributed by atoms with van der Waals surface area (Å²) < 4.78 is 14.3. The van der Waals surface area contributed by atoms with E-state index in [-0.39, 0.29) is 18.1 Å². The van der Waals surface area contributed by atoms with Crippen molar-refractivity contribution in [3.8, 4) is 28.7 Å². The lowest BCUT2D eigenvalue weighted by atomic mass is 10.2. The van der Waals surface area contributed by atoms with E-state index >= 15 is 0 Å². The van der Waals surface area contributed by atoms with Crippen molar-refractivity contribution in [1.82, 2.24) is 29.5 Å². The van der Waals surface area contributed by atoms with E-state index in [4.69, 9.17) is 14.5 Å². The van der Waals surface area contributed by atoms with Gasteiger partial charge in [0.05, 0.1) is 37.8 Å². The lowest BCUT2D eigenvalue weighted by Crippen LogP contribution is -2.23. The van der Waals surface area contributed by atoms with E-state index in [0.717, 1.165) is 16.9 Å². The number of methoxy groups -OCH3 is 2. The second-order valence-corrected chi connectivity index (χ2v) is 7.44. The van der Waals surface area contributed by atoms with E-state index in [2.05, 4.69) is 15.4 Å². The molecule has 170 valence electrons. The average Bonchev–Trinajstić information content (AvgIpc) is 3.52. The smallest absolute Gasteiger partial charge is 0.272 e. The van der Waals surface area contributed by atoms with Gasteiger partial charge in [-0.1, -0.05) is 18.2 Å². The molecule has 0 saturated carbocycles. The summed E-state index contributed by atoms with van der Waals surface area (Å²) in [5.41, 5.74) is 3.30. The van der Waals surface area contributed by atoms with Crippen molar-refractivity contribution in [2.45, 2.75) is 6.54 Å². The highest BCUT2D eigenvalue weighted by atomic mass is 16.5. The van der Waals surface area contributed by atoms with Gasteiger partial charge >= 0.3 is 0 Å². The quantitative estimate of drug-likeness (QED) is 0.404. The number of benzene rings is 2. The molecule has 1 amide bonds. The van der Waals surface area contributed by atoms with Gasteiger partial charge in [-0.05, 0) is 36.4 Å². The summed E-state index contributed by atoms with van der Waals surface area (Å²) in [5.74, 6) is 1.60. The zero-order valence-corrected chi connectivity index (χ0v) is 18.7. The molecular weight excluding hydrogens is 432 g/mol. The summed E-state index contributed by atoms with van der Waals surface area (Å²) in [6.45, 7) is 0.246. The molecule has 9 heteroatoms. The van der Waals surface area contributed by atoms with Crippen LogP contribution in [0.15, 0.2) is 79.4 Å². The van der Waals surface area contributed by atoms with Crippen LogP contribution in [0.3, 0.4) is 0 Å². The first-order valence-electron chi connectivity index (χ1n) is 10.6. The maximum atomic E-state index is 13.2. The zero-order chi connectivity index (χ0) is 23.5. The van der Waals surface area contributed by atoms with Crippen LogP contribution in [0.1, 0.15) is 16.1 Å². The topological polar surface area (TPSA) is 95.6 Å². The van der Waals surface area contributed by atoms with Gasteiger partial charge in [0.15, 0.2) is 11.5 Å². The molecule has 0 radical (unpaired) electrons. The van der Waals surface area contributed by atoms with Crippen LogP contribution in [0.2, 0.25) is 0 Å². The second kappa shape index (κ2) is 9.07. The number of nitrogens with zero attached hydrogens (tertiary/aromatic N) is 5. The van der Waals surface area contributed by atoms with Crippen LogP contribution in [0.4, 0.5) is 0 Å². The van der Waals surface area contributed by atoms with Crippen LogP contribution in [-0.4, -0.2) is 44.3 Å². The molecule has 5 rings (SSSR count). The molecule has 2 aromatic carbocycles. The Morgan fingerprint density at radius 1 is 1.03 bits per heavy atom. The van der Waals surface area contributed by atoms with Crippen molar-refractivity contribution in [3.63, 3.8) is 0 Å². The van der Waals surface area contributed by atoms with Crippen molar-refractivity contribution in [2.24, 2.45) is 0 Å². The van der Waals surface area contributed by atoms with Gasteiger partial charge in [0.2, 0.25) is 0 Å². The van der Waals surface area contributed by atoms with Crippen LogP contribution < -0.4 is 14.8 Å². The largest absolute Gasteiger partial charge is 0.497 e. The van der Waals surface area contributed by atoms with Gasteiger partial charge in [0.25, 0.3) is 5.91 Å². The Kier molecular flexibility index (Phi) is 5.65. The lowest BCUT2D eigenvalue weighted by molar-refractivity contribution is 0.0948. The van der Waals surface area contributed by atoms with Gasteiger partial charge in [0, 0.05) is 24.5 Å². The van der Waals surface area contributed by atoms with Crippen molar-refractivity contribution in [1.29, 1.82) is 0 Å². The van der Waals surface area contributed by atoms with Gasteiger partial charge in [-0.25, -0.2) is 9.67 Å². The standard InChI is InChI=1S/C25H22N6O3/c1-33-19-8-9-22(34-2)17(14-19)15-27-25(32)23-21-16-26-12-13-30(21)24(29-23)20-10-11-28-31(20)18-6-4-3-5-7-18/h3-14,16H,15H2,1-2H3,(H,27,32). The van der Waals surface area contributed by atoms with Gasteiger partial charge in [-0.3, -0.25) is 14.2 Å². The number of carbonyl (C=O) groups is 1. The number of aromatic nitrogens is 5. The molecule has 0 saturated heterocycles. The summed E-state index contributed by atoms with van der Waals surface area (Å²) in [7, 11) is 3.18. The van der Waals surface area contributed by atoms with Gasteiger partial charge < -0.3 is 14.8 Å². The molecule has 3 aromatic heterocycles. The molecule has 34 heavy (non-hydrogen) atoms. The Morgan fingerprint density at radius 3 is 2.68 bits per heavy atom. The normalized spacial score (nSPS) is 10.9. The SMILES string of the molecule is COc1ccc(OC)c(CNC(=O)c2nc(-c3ccnn3-c3ccccc3)n3ccncc23)c1. The maximum Gasteiger partial charge on any atom is 0.272 e. The minimum absolute atomic E-state index is 0.246. The van der Waals surface area contributed by atoms with E-state index in [0.29, 0.717) is 22.8 Å². The van der Waals surface area contributed by atoms with E-state index in [1.54, 1.807) is 55.8 Å². The Labute approximate surface area is 195 Å². The molecule has 0 fully saturated rings. The monoisotopic (exact) mass is 454 g/mol. The Bertz CT molecular complexity index is 1460. The lowest BCUT2D eigenvalue weighted by Gasteiger charge is -2.11. The number of fused-ring (bicyclic) bond motifs is 1. The zero-order valence-electron chi connectivity index (χ0n) is 18.7. The molecule has 0 aliphatic rings. The van der Waals surface area contributed by atoms with Crippen molar-refractivity contribution in [2.75, 3.05) is 14.2 Å². The summed E-state index contributed by atoms with van der Waals surface area (Å²) in [6, 6.07) is 17.1. The van der Waals surface area contributed by atoms with Crippen LogP contribution in [0.5, 0.6) is 11.5 Å². The van der Waals surface area contributed by atoms with Crippen LogP contribution in [0, 0.1) is 0 Å². The predicted octanol–water partition coefficient (Wildman–Crippen LogP) is 3.53. The number of ether oxygens (including phenoxy) is 2. The first-order chi connectivity index (χ1) is 16.7. The third kappa shape index (κ3) is 3.83. The van der Waals surface area contributed by atoms with Crippen molar-refractivity contribution >= 4 is 11.4 Å². The molecule has 0 atom stereocenters. The number of nitrogens with one attached hydrogen (secondary N) is 1. The third-order valence-electron chi connectivity index (χ3n) is 5.46. The first kappa shape index (κ1) is 21.2. The summed E-state index contributed by atoms with van der Waals surface area (Å²) in [6.07, 6.45) is 6.77. The number of amides is 1. The average molecular weight is 454 g/mol. The van der Waals surface area contributed by atoms with Crippen LogP contribution in [0.25, 0.3) is 22.7 Å². The third-order valence-corrected chi connectivity index (χ3v) is 5.46. The second-order valence-electron chi connectivity index (χ2n) is 7.44. The number of imidazole rings is 1. The molecule has 3 heterocycles. The Balaban J connectivity index is 1.50. The molecule has 0 aliphatic carbocycles. The van der Waals surface area contributed by atoms with E-state index in [9.17, 15) is 4.79 Å². The fourth-order valence-electron chi connectivity index (χ4n) is 3.81. The molecule has 0 unspecified atom stereocenters. The van der Waals surface area contributed by atoms with E-state index < -0.39 is 0 Å². The number of carbonyl (C=O) groups excluding carboxylic acids is 1. The molecule has 9 nitrogen and oxygen atoms in total. The van der Waals surface area contributed by atoms with Crippen LogP contribution in [-0.2, 0) is 6.54 Å². The molecule has 5 aromatic rings. The molecule has 0 spiro atoms. The number of para-hydroxylation sites is 1. The minimum Gasteiger partial charge on any atom is -0.497 e.